The maximum absolute atomic E-state index is 12.6. The number of carbonyl (C=O) groups excluding carboxylic acids is 1. The lowest BCUT2D eigenvalue weighted by Gasteiger charge is -2.39. The lowest BCUT2D eigenvalue weighted by atomic mass is 9.92. The summed E-state index contributed by atoms with van der Waals surface area (Å²) in [6, 6.07) is 1.08. The summed E-state index contributed by atoms with van der Waals surface area (Å²) < 4.78 is 1.54. The molecule has 9 heteroatoms. The molecule has 0 bridgehead atoms. The van der Waals surface area contributed by atoms with Gasteiger partial charge in [0.05, 0.1) is 6.20 Å². The Morgan fingerprint density at radius 1 is 1.14 bits per heavy atom. The molecule has 1 saturated carbocycles. The average molecular weight is 384 g/mol. The second kappa shape index (κ2) is 8.64. The van der Waals surface area contributed by atoms with E-state index in [1.54, 1.807) is 13.2 Å². The molecule has 2 aromatic rings. The summed E-state index contributed by atoms with van der Waals surface area (Å²) >= 11 is 0. The van der Waals surface area contributed by atoms with E-state index in [0.29, 0.717) is 23.2 Å². The first kappa shape index (κ1) is 18.8. The standard InChI is InChI=1S/C19H28N8O/c1-26-12-17(24-25-26)23-19(28)16-11-20-13-21-18(16)22-14-7-9-27(10-8-14)15-5-3-2-4-6-15/h11-15H,2-10H2,1H3,(H,23,28)(H,20,21,22). The monoisotopic (exact) mass is 384 g/mol. The van der Waals surface area contributed by atoms with E-state index in [4.69, 9.17) is 0 Å². The molecule has 2 aliphatic rings. The van der Waals surface area contributed by atoms with Gasteiger partial charge in [-0.05, 0) is 25.7 Å². The van der Waals surface area contributed by atoms with Crippen LogP contribution in [0.2, 0.25) is 0 Å². The first-order valence-corrected chi connectivity index (χ1v) is 10.2. The Hall–Kier alpha value is -2.55. The number of likely N-dealkylation sites (tertiary alicyclic amines) is 1. The Balaban J connectivity index is 1.35. The Bertz CT molecular complexity index is 793. The molecule has 0 aromatic carbocycles. The van der Waals surface area contributed by atoms with E-state index in [0.717, 1.165) is 32.0 Å². The van der Waals surface area contributed by atoms with Crippen LogP contribution >= 0.6 is 0 Å². The zero-order valence-electron chi connectivity index (χ0n) is 16.3. The van der Waals surface area contributed by atoms with Gasteiger partial charge in [-0.1, -0.05) is 24.5 Å². The van der Waals surface area contributed by atoms with Crippen LogP contribution < -0.4 is 10.6 Å². The molecular formula is C19H28N8O. The van der Waals surface area contributed by atoms with Gasteiger partial charge in [-0.25, -0.2) is 9.97 Å². The van der Waals surface area contributed by atoms with Gasteiger partial charge in [-0.2, -0.15) is 0 Å². The molecule has 28 heavy (non-hydrogen) atoms. The molecule has 2 N–H and O–H groups in total. The molecule has 4 rings (SSSR count). The van der Waals surface area contributed by atoms with Gasteiger partial charge in [0.2, 0.25) is 0 Å². The Kier molecular flexibility index (Phi) is 5.80. The number of piperidine rings is 1. The maximum atomic E-state index is 12.6. The highest BCUT2D eigenvalue weighted by atomic mass is 16.1. The summed E-state index contributed by atoms with van der Waals surface area (Å²) in [6.07, 6.45) is 13.6. The highest BCUT2D eigenvalue weighted by molar-refractivity contribution is 6.06. The summed E-state index contributed by atoms with van der Waals surface area (Å²) in [7, 11) is 1.75. The molecule has 1 amide bonds. The average Bonchev–Trinajstić information content (AvgIpc) is 3.14. The summed E-state index contributed by atoms with van der Waals surface area (Å²) in [5.74, 6) is 0.693. The molecule has 150 valence electrons. The van der Waals surface area contributed by atoms with Gasteiger partial charge >= 0.3 is 0 Å². The lowest BCUT2D eigenvalue weighted by molar-refractivity contribution is 0.102. The zero-order valence-corrected chi connectivity index (χ0v) is 16.3. The number of amides is 1. The molecule has 1 saturated heterocycles. The molecule has 0 unspecified atom stereocenters. The van der Waals surface area contributed by atoms with Crippen LogP contribution in [-0.4, -0.2) is 60.9 Å². The van der Waals surface area contributed by atoms with Gasteiger partial charge in [0.15, 0.2) is 5.82 Å². The summed E-state index contributed by atoms with van der Waals surface area (Å²) in [5, 5.41) is 13.9. The van der Waals surface area contributed by atoms with Crippen molar-refractivity contribution in [1.29, 1.82) is 0 Å². The van der Waals surface area contributed by atoms with Crippen LogP contribution in [0.1, 0.15) is 55.3 Å². The fourth-order valence-corrected chi connectivity index (χ4v) is 4.25. The van der Waals surface area contributed by atoms with Gasteiger partial charge in [-0.15, -0.1) is 5.10 Å². The fraction of sp³-hybridized carbons (Fsp3) is 0.632. The highest BCUT2D eigenvalue weighted by Gasteiger charge is 2.27. The van der Waals surface area contributed by atoms with Crippen LogP contribution in [0.25, 0.3) is 0 Å². The Morgan fingerprint density at radius 3 is 2.64 bits per heavy atom. The predicted octanol–water partition coefficient (Wildman–Crippen LogP) is 2.07. The normalized spacial score (nSPS) is 19.5. The lowest BCUT2D eigenvalue weighted by Crippen LogP contribution is -2.45. The number of aryl methyl sites for hydroxylation is 1. The number of aromatic nitrogens is 5. The molecule has 9 nitrogen and oxygen atoms in total. The molecule has 0 atom stereocenters. The van der Waals surface area contributed by atoms with E-state index < -0.39 is 0 Å². The molecule has 2 fully saturated rings. The van der Waals surface area contributed by atoms with Gasteiger partial charge < -0.3 is 15.5 Å². The number of nitrogens with zero attached hydrogens (tertiary/aromatic N) is 6. The third-order valence-corrected chi connectivity index (χ3v) is 5.76. The van der Waals surface area contributed by atoms with Gasteiger partial charge in [0, 0.05) is 38.4 Å². The van der Waals surface area contributed by atoms with Crippen LogP contribution in [-0.2, 0) is 7.05 Å². The fourth-order valence-electron chi connectivity index (χ4n) is 4.25. The van der Waals surface area contributed by atoms with E-state index in [-0.39, 0.29) is 5.91 Å². The molecule has 1 aliphatic carbocycles. The molecular weight excluding hydrogens is 356 g/mol. The third kappa shape index (κ3) is 4.46. The SMILES string of the molecule is Cn1cc(NC(=O)c2cncnc2NC2CCN(C3CCCCC3)CC2)nn1. The minimum atomic E-state index is -0.289. The molecule has 0 radical (unpaired) electrons. The largest absolute Gasteiger partial charge is 0.366 e. The first-order chi connectivity index (χ1) is 13.7. The van der Waals surface area contributed by atoms with Crippen LogP contribution in [0.4, 0.5) is 11.6 Å². The van der Waals surface area contributed by atoms with Crippen molar-refractivity contribution in [2.24, 2.45) is 7.05 Å². The van der Waals surface area contributed by atoms with Crippen LogP contribution in [0.5, 0.6) is 0 Å². The van der Waals surface area contributed by atoms with Crippen molar-refractivity contribution in [2.75, 3.05) is 23.7 Å². The van der Waals surface area contributed by atoms with Crippen molar-refractivity contribution in [1.82, 2.24) is 29.9 Å². The first-order valence-electron chi connectivity index (χ1n) is 10.2. The van der Waals surface area contributed by atoms with Crippen molar-refractivity contribution in [3.8, 4) is 0 Å². The van der Waals surface area contributed by atoms with Crippen molar-refractivity contribution in [3.05, 3.63) is 24.3 Å². The minimum absolute atomic E-state index is 0.289. The second-order valence-electron chi connectivity index (χ2n) is 7.76. The van der Waals surface area contributed by atoms with E-state index in [1.807, 2.05) is 0 Å². The summed E-state index contributed by atoms with van der Waals surface area (Å²) in [4.78, 5) is 23.6. The number of carbonyl (C=O) groups is 1. The van der Waals surface area contributed by atoms with E-state index in [2.05, 4.69) is 35.8 Å². The molecule has 3 heterocycles. The smallest absolute Gasteiger partial charge is 0.262 e. The van der Waals surface area contributed by atoms with Crippen molar-refractivity contribution >= 4 is 17.5 Å². The number of hydrogen-bond acceptors (Lipinski definition) is 7. The Labute approximate surface area is 164 Å². The van der Waals surface area contributed by atoms with Crippen molar-refractivity contribution in [3.63, 3.8) is 0 Å². The third-order valence-electron chi connectivity index (χ3n) is 5.76. The summed E-state index contributed by atoms with van der Waals surface area (Å²) in [6.45, 7) is 2.21. The van der Waals surface area contributed by atoms with E-state index in [1.165, 1.54) is 49.3 Å². The second-order valence-corrected chi connectivity index (χ2v) is 7.76. The predicted molar refractivity (Wildman–Crippen MR) is 106 cm³/mol. The number of anilines is 2. The maximum Gasteiger partial charge on any atom is 0.262 e. The zero-order chi connectivity index (χ0) is 19.3. The van der Waals surface area contributed by atoms with Crippen LogP contribution in [0, 0.1) is 0 Å². The minimum Gasteiger partial charge on any atom is -0.366 e. The Morgan fingerprint density at radius 2 is 1.93 bits per heavy atom. The molecule has 1 aliphatic heterocycles. The summed E-state index contributed by atoms with van der Waals surface area (Å²) in [5.41, 5.74) is 0.419. The number of rotatable bonds is 5. The van der Waals surface area contributed by atoms with E-state index >= 15 is 0 Å². The topological polar surface area (TPSA) is 101 Å². The van der Waals surface area contributed by atoms with Crippen molar-refractivity contribution < 1.29 is 4.79 Å². The quantitative estimate of drug-likeness (QED) is 0.814. The van der Waals surface area contributed by atoms with E-state index in [9.17, 15) is 4.79 Å². The van der Waals surface area contributed by atoms with Crippen LogP contribution in [0.3, 0.4) is 0 Å². The van der Waals surface area contributed by atoms with Crippen LogP contribution in [0.15, 0.2) is 18.7 Å². The molecule has 0 spiro atoms. The van der Waals surface area contributed by atoms with Gasteiger partial charge in [-0.3, -0.25) is 9.48 Å². The van der Waals surface area contributed by atoms with Crippen molar-refractivity contribution in [2.45, 2.75) is 57.0 Å². The van der Waals surface area contributed by atoms with Gasteiger partial charge in [0.1, 0.15) is 17.7 Å². The number of hydrogen-bond donors (Lipinski definition) is 2. The number of nitrogens with one attached hydrogen (secondary N) is 2. The highest BCUT2D eigenvalue weighted by Crippen LogP contribution is 2.26. The molecule has 2 aromatic heterocycles. The van der Waals surface area contributed by atoms with Gasteiger partial charge in [0.25, 0.3) is 5.91 Å².